The molecule has 0 radical (unpaired) electrons. The van der Waals surface area contributed by atoms with Crippen molar-refractivity contribution in [1.82, 2.24) is 0 Å². The molecule has 0 saturated carbocycles. The highest BCUT2D eigenvalue weighted by atomic mass is 16.5. The molecule has 0 aromatic carbocycles. The Morgan fingerprint density at radius 2 is 2.15 bits per heavy atom. The SMILES string of the molecule is COC1=NC2C=CC23C=CC3C=C1. The largest absolute Gasteiger partial charge is 0.481 e. The van der Waals surface area contributed by atoms with Crippen LogP contribution in [0.1, 0.15) is 0 Å². The molecule has 2 heteroatoms. The molecule has 1 spiro atoms. The number of ether oxygens (including phenoxy) is 1. The van der Waals surface area contributed by atoms with Gasteiger partial charge in [-0.25, -0.2) is 4.99 Å². The minimum absolute atomic E-state index is 0.205. The zero-order chi connectivity index (χ0) is 8.89. The lowest BCUT2D eigenvalue weighted by Gasteiger charge is -2.47. The van der Waals surface area contributed by atoms with Gasteiger partial charge in [-0.2, -0.15) is 0 Å². The summed E-state index contributed by atoms with van der Waals surface area (Å²) in [6.45, 7) is 0. The van der Waals surface area contributed by atoms with Crippen LogP contribution in [-0.2, 0) is 4.74 Å². The maximum absolute atomic E-state index is 5.15. The number of methoxy groups -OCH3 is 1. The normalized spacial score (nSPS) is 43.6. The smallest absolute Gasteiger partial charge is 0.208 e. The number of hydrogen-bond donors (Lipinski definition) is 0. The predicted molar refractivity (Wildman–Crippen MR) is 51.6 cm³/mol. The third kappa shape index (κ3) is 0.711. The van der Waals surface area contributed by atoms with Crippen molar-refractivity contribution < 1.29 is 4.74 Å². The average molecular weight is 173 g/mol. The summed E-state index contributed by atoms with van der Waals surface area (Å²) in [4.78, 5) is 4.51. The fourth-order valence-electron chi connectivity index (χ4n) is 2.17. The fraction of sp³-hybridized carbons (Fsp3) is 0.364. The van der Waals surface area contributed by atoms with Gasteiger partial charge in [-0.05, 0) is 6.08 Å². The van der Waals surface area contributed by atoms with E-state index in [0.717, 1.165) is 5.90 Å². The van der Waals surface area contributed by atoms with Crippen molar-refractivity contribution in [2.24, 2.45) is 16.3 Å². The molecule has 1 heterocycles. The van der Waals surface area contributed by atoms with E-state index in [0.29, 0.717) is 12.0 Å². The highest BCUT2D eigenvalue weighted by Crippen LogP contribution is 2.52. The highest BCUT2D eigenvalue weighted by molar-refractivity contribution is 5.88. The van der Waals surface area contributed by atoms with Crippen molar-refractivity contribution in [3.63, 3.8) is 0 Å². The van der Waals surface area contributed by atoms with E-state index >= 15 is 0 Å². The van der Waals surface area contributed by atoms with E-state index < -0.39 is 0 Å². The van der Waals surface area contributed by atoms with Gasteiger partial charge >= 0.3 is 0 Å². The number of nitrogens with zero attached hydrogens (tertiary/aromatic N) is 1. The average Bonchev–Trinajstić information content (AvgIpc) is 2.12. The van der Waals surface area contributed by atoms with Crippen molar-refractivity contribution in [3.8, 4) is 0 Å². The van der Waals surface area contributed by atoms with Gasteiger partial charge in [0.2, 0.25) is 5.90 Å². The molecule has 0 amide bonds. The van der Waals surface area contributed by atoms with E-state index in [-0.39, 0.29) is 5.41 Å². The number of hydrogen-bond acceptors (Lipinski definition) is 2. The fourth-order valence-corrected chi connectivity index (χ4v) is 2.17. The van der Waals surface area contributed by atoms with Crippen LogP contribution >= 0.6 is 0 Å². The van der Waals surface area contributed by atoms with Crippen LogP contribution < -0.4 is 0 Å². The first-order chi connectivity index (χ1) is 6.35. The molecule has 13 heavy (non-hydrogen) atoms. The van der Waals surface area contributed by atoms with E-state index in [1.54, 1.807) is 7.11 Å². The number of allylic oxidation sites excluding steroid dienone is 2. The Morgan fingerprint density at radius 3 is 2.69 bits per heavy atom. The van der Waals surface area contributed by atoms with Crippen LogP contribution in [0.5, 0.6) is 0 Å². The van der Waals surface area contributed by atoms with E-state index in [1.165, 1.54) is 0 Å². The van der Waals surface area contributed by atoms with Crippen LogP contribution in [0.25, 0.3) is 0 Å². The molecule has 3 aliphatic rings. The van der Waals surface area contributed by atoms with Gasteiger partial charge in [0.25, 0.3) is 0 Å². The molecule has 0 aromatic heterocycles. The van der Waals surface area contributed by atoms with Crippen LogP contribution in [0.15, 0.2) is 41.4 Å². The summed E-state index contributed by atoms with van der Waals surface area (Å²) in [5, 5.41) is 0. The Bertz CT molecular complexity index is 364. The Morgan fingerprint density at radius 1 is 1.31 bits per heavy atom. The predicted octanol–water partition coefficient (Wildman–Crippen LogP) is 1.71. The molecule has 3 atom stereocenters. The summed E-state index contributed by atoms with van der Waals surface area (Å²) < 4.78 is 5.15. The first kappa shape index (κ1) is 7.13. The first-order valence-electron chi connectivity index (χ1n) is 4.54. The molecule has 66 valence electrons. The van der Waals surface area contributed by atoms with Crippen molar-refractivity contribution >= 4 is 5.90 Å². The summed E-state index contributed by atoms with van der Waals surface area (Å²) in [7, 11) is 1.67. The topological polar surface area (TPSA) is 21.6 Å². The lowest BCUT2D eigenvalue weighted by atomic mass is 9.57. The molecule has 1 aliphatic heterocycles. The van der Waals surface area contributed by atoms with Crippen molar-refractivity contribution in [2.75, 3.05) is 7.11 Å². The molecular formula is C11H11NO. The third-order valence-electron chi connectivity index (χ3n) is 3.17. The van der Waals surface area contributed by atoms with Crippen LogP contribution in [-0.4, -0.2) is 19.0 Å². The second kappa shape index (κ2) is 2.13. The lowest BCUT2D eigenvalue weighted by molar-refractivity contribution is 0.294. The van der Waals surface area contributed by atoms with Gasteiger partial charge < -0.3 is 4.74 Å². The summed E-state index contributed by atoms with van der Waals surface area (Å²) >= 11 is 0. The first-order valence-corrected chi connectivity index (χ1v) is 4.54. The second-order valence-corrected chi connectivity index (χ2v) is 3.72. The van der Waals surface area contributed by atoms with Crippen LogP contribution in [0.3, 0.4) is 0 Å². The van der Waals surface area contributed by atoms with Gasteiger partial charge in [-0.1, -0.05) is 30.4 Å². The standard InChI is InChI=1S/C11H11NO/c1-13-10-3-2-8-4-6-11(8)7-5-9(11)12-10/h2-9H,1H3. The summed E-state index contributed by atoms with van der Waals surface area (Å²) in [5.74, 6) is 1.27. The Labute approximate surface area is 77.3 Å². The van der Waals surface area contributed by atoms with Crippen LogP contribution in [0.2, 0.25) is 0 Å². The molecule has 3 unspecified atom stereocenters. The minimum atomic E-state index is 0.205. The zero-order valence-electron chi connectivity index (χ0n) is 7.47. The Hall–Kier alpha value is -1.31. The van der Waals surface area contributed by atoms with Gasteiger partial charge in [-0.3, -0.25) is 0 Å². The quantitative estimate of drug-likeness (QED) is 0.511. The van der Waals surface area contributed by atoms with Crippen molar-refractivity contribution in [1.29, 1.82) is 0 Å². The molecule has 2 nitrogen and oxygen atoms in total. The molecule has 0 fully saturated rings. The monoisotopic (exact) mass is 173 g/mol. The van der Waals surface area contributed by atoms with Crippen LogP contribution in [0.4, 0.5) is 0 Å². The van der Waals surface area contributed by atoms with E-state index in [1.807, 2.05) is 6.08 Å². The molecular weight excluding hydrogens is 162 g/mol. The molecule has 2 aliphatic carbocycles. The molecule has 0 bridgehead atoms. The molecule has 3 rings (SSSR count). The highest BCUT2D eigenvalue weighted by Gasteiger charge is 2.49. The maximum atomic E-state index is 5.15. The summed E-state index contributed by atoms with van der Waals surface area (Å²) in [6.07, 6.45) is 13.0. The van der Waals surface area contributed by atoms with Crippen molar-refractivity contribution in [3.05, 3.63) is 36.5 Å². The van der Waals surface area contributed by atoms with Gasteiger partial charge in [0, 0.05) is 11.3 Å². The van der Waals surface area contributed by atoms with Crippen LogP contribution in [0, 0.1) is 11.3 Å². The van der Waals surface area contributed by atoms with E-state index in [2.05, 4.69) is 35.4 Å². The second-order valence-electron chi connectivity index (χ2n) is 3.72. The maximum Gasteiger partial charge on any atom is 0.208 e. The number of aliphatic imine (C=N–C) groups is 1. The van der Waals surface area contributed by atoms with E-state index in [9.17, 15) is 0 Å². The molecule has 0 saturated heterocycles. The Kier molecular flexibility index (Phi) is 1.17. The third-order valence-corrected chi connectivity index (χ3v) is 3.17. The molecule has 0 N–H and O–H groups in total. The van der Waals surface area contributed by atoms with Gasteiger partial charge in [0.05, 0.1) is 13.2 Å². The van der Waals surface area contributed by atoms with E-state index in [4.69, 9.17) is 4.74 Å². The van der Waals surface area contributed by atoms with Gasteiger partial charge in [-0.15, -0.1) is 0 Å². The molecule has 0 aromatic rings. The lowest BCUT2D eigenvalue weighted by Crippen LogP contribution is -2.45. The van der Waals surface area contributed by atoms with Gasteiger partial charge in [0.15, 0.2) is 0 Å². The Balaban J connectivity index is 2.04. The zero-order valence-corrected chi connectivity index (χ0v) is 7.47. The summed E-state index contributed by atoms with van der Waals surface area (Å²) in [5.41, 5.74) is 0.205. The summed E-state index contributed by atoms with van der Waals surface area (Å²) in [6, 6.07) is 0.299. The van der Waals surface area contributed by atoms with Crippen molar-refractivity contribution in [2.45, 2.75) is 6.04 Å². The number of rotatable bonds is 0. The minimum Gasteiger partial charge on any atom is -0.481 e. The van der Waals surface area contributed by atoms with Gasteiger partial charge in [0.1, 0.15) is 0 Å².